The summed E-state index contributed by atoms with van der Waals surface area (Å²) in [7, 11) is 1.75. The fourth-order valence-electron chi connectivity index (χ4n) is 3.41. The predicted octanol–water partition coefficient (Wildman–Crippen LogP) is 3.25. The van der Waals surface area contributed by atoms with Crippen LogP contribution in [0.5, 0.6) is 5.19 Å². The zero-order valence-electron chi connectivity index (χ0n) is 16.6. The molecule has 4 rings (SSSR count). The number of carbonyl (C=O) groups excluding carboxylic acids is 1. The number of rotatable bonds is 6. The van der Waals surface area contributed by atoms with Gasteiger partial charge >= 0.3 is 6.03 Å². The molecule has 2 aromatic rings. The molecular weight excluding hydrogens is 426 g/mol. The molecule has 0 aliphatic carbocycles. The number of hydrazone groups is 1. The van der Waals surface area contributed by atoms with Crippen molar-refractivity contribution in [3.63, 3.8) is 0 Å². The molecule has 0 bridgehead atoms. The number of carbonyl (C=O) groups is 1. The number of allylic oxidation sites excluding steroid dienone is 1. The van der Waals surface area contributed by atoms with Crippen LogP contribution in [0.3, 0.4) is 0 Å². The minimum Gasteiger partial charge on any atom is -0.463 e. The lowest BCUT2D eigenvalue weighted by atomic mass is 10.0. The Kier molecular flexibility index (Phi) is 5.94. The van der Waals surface area contributed by atoms with Gasteiger partial charge < -0.3 is 20.4 Å². The maximum absolute atomic E-state index is 13.6. The molecule has 0 radical (unpaired) electrons. The smallest absolute Gasteiger partial charge is 0.341 e. The number of ether oxygens (including phenoxy) is 1. The van der Waals surface area contributed by atoms with Gasteiger partial charge in [-0.05, 0) is 23.8 Å². The minimum atomic E-state index is -0.688. The van der Waals surface area contributed by atoms with Gasteiger partial charge in [0, 0.05) is 37.3 Å². The molecule has 1 aromatic carbocycles. The molecule has 0 saturated carbocycles. The molecule has 1 saturated heterocycles. The highest BCUT2D eigenvalue weighted by Crippen LogP contribution is 2.32. The summed E-state index contributed by atoms with van der Waals surface area (Å²) in [5, 5.41) is 17.8. The van der Waals surface area contributed by atoms with Crippen LogP contribution in [0.15, 0.2) is 34.8 Å². The molecule has 3 heterocycles. The molecule has 162 valence electrons. The first-order valence-corrected chi connectivity index (χ1v) is 10.4. The topological polar surface area (TPSA) is 93.9 Å². The van der Waals surface area contributed by atoms with Crippen LogP contribution in [0.1, 0.15) is 23.7 Å². The van der Waals surface area contributed by atoms with E-state index in [1.165, 1.54) is 34.7 Å². The highest BCUT2D eigenvalue weighted by molar-refractivity contribution is 7.11. The molecule has 1 aromatic heterocycles. The van der Waals surface area contributed by atoms with Crippen LogP contribution >= 0.6 is 11.3 Å². The van der Waals surface area contributed by atoms with Gasteiger partial charge in [-0.3, -0.25) is 0 Å². The van der Waals surface area contributed by atoms with E-state index in [-0.39, 0.29) is 12.1 Å². The average molecular weight is 446 g/mol. The molecule has 2 amide bonds. The Hall–Kier alpha value is -3.34. The van der Waals surface area contributed by atoms with Crippen LogP contribution in [-0.4, -0.2) is 59.6 Å². The van der Waals surface area contributed by atoms with E-state index in [1.807, 2.05) is 5.38 Å². The summed E-state index contributed by atoms with van der Waals surface area (Å²) in [6.45, 7) is 0.721. The van der Waals surface area contributed by atoms with Crippen LogP contribution in [0.2, 0.25) is 0 Å². The van der Waals surface area contributed by atoms with E-state index in [2.05, 4.69) is 15.4 Å². The van der Waals surface area contributed by atoms with Gasteiger partial charge in [-0.1, -0.05) is 11.3 Å². The molecule has 2 aliphatic heterocycles. The Morgan fingerprint density at radius 1 is 1.32 bits per heavy atom. The van der Waals surface area contributed by atoms with Gasteiger partial charge in [-0.15, -0.1) is 0 Å². The van der Waals surface area contributed by atoms with E-state index in [9.17, 15) is 13.6 Å². The molecule has 0 spiro atoms. The standard InChI is InChI=1S/C20H20F2N6O2S/c1-24-16(2-4-23)17-11-31-19(26-17)30-15-9-27(10-15)20(29)28-18(3-5-25-28)12-6-13(21)8-14(22)7-12/h2,4-8,11,15,18,23-24H,3,9-10H2,1H3/b16-2-,23-4?/t18-/m0/s1. The van der Waals surface area contributed by atoms with Gasteiger partial charge in [0.2, 0.25) is 0 Å². The summed E-state index contributed by atoms with van der Waals surface area (Å²) in [5.74, 6) is -1.38. The summed E-state index contributed by atoms with van der Waals surface area (Å²) in [4.78, 5) is 18.8. The van der Waals surface area contributed by atoms with Crippen molar-refractivity contribution in [2.75, 3.05) is 20.1 Å². The SMILES string of the molecule is CN/C(=C\C=N)c1csc(OC2CN(C(=O)N3N=CC[C@H]3c3cc(F)cc(F)c3)C2)n1. The van der Waals surface area contributed by atoms with E-state index in [4.69, 9.17) is 10.1 Å². The number of thiazole rings is 1. The monoisotopic (exact) mass is 446 g/mol. The Labute approximate surface area is 181 Å². The highest BCUT2D eigenvalue weighted by atomic mass is 32.1. The fraction of sp³-hybridized carbons (Fsp3) is 0.300. The summed E-state index contributed by atoms with van der Waals surface area (Å²) < 4.78 is 33.0. The first-order valence-electron chi connectivity index (χ1n) is 9.56. The van der Waals surface area contributed by atoms with Gasteiger partial charge in [0.1, 0.15) is 23.4 Å². The largest absolute Gasteiger partial charge is 0.463 e. The summed E-state index contributed by atoms with van der Waals surface area (Å²) in [6, 6.07) is 2.36. The van der Waals surface area contributed by atoms with Crippen LogP contribution in [0.25, 0.3) is 5.70 Å². The van der Waals surface area contributed by atoms with E-state index < -0.39 is 17.7 Å². The number of hydrogen-bond donors (Lipinski definition) is 2. The van der Waals surface area contributed by atoms with Crippen molar-refractivity contribution >= 4 is 35.5 Å². The van der Waals surface area contributed by atoms with Crippen molar-refractivity contribution in [1.82, 2.24) is 20.2 Å². The molecule has 2 aliphatic rings. The van der Waals surface area contributed by atoms with E-state index in [0.29, 0.717) is 41.7 Å². The molecule has 0 unspecified atom stereocenters. The highest BCUT2D eigenvalue weighted by Gasteiger charge is 2.39. The molecule has 8 nitrogen and oxygen atoms in total. The number of nitrogens with one attached hydrogen (secondary N) is 2. The molecule has 11 heteroatoms. The lowest BCUT2D eigenvalue weighted by Crippen LogP contribution is -2.58. The first-order chi connectivity index (χ1) is 15.0. The van der Waals surface area contributed by atoms with Crippen molar-refractivity contribution in [1.29, 1.82) is 5.41 Å². The number of benzene rings is 1. The maximum Gasteiger partial charge on any atom is 0.341 e. The zero-order chi connectivity index (χ0) is 22.0. The molecule has 1 atom stereocenters. The number of hydrogen-bond acceptors (Lipinski definition) is 7. The van der Waals surface area contributed by atoms with Crippen molar-refractivity contribution in [2.24, 2.45) is 5.10 Å². The Balaban J connectivity index is 1.35. The third-order valence-corrected chi connectivity index (χ3v) is 5.69. The lowest BCUT2D eigenvalue weighted by Gasteiger charge is -2.40. The lowest BCUT2D eigenvalue weighted by molar-refractivity contribution is 0.0275. The number of halogens is 2. The van der Waals surface area contributed by atoms with Gasteiger partial charge in [-0.2, -0.15) is 5.10 Å². The number of amides is 2. The van der Waals surface area contributed by atoms with Crippen LogP contribution in [0.4, 0.5) is 13.6 Å². The zero-order valence-corrected chi connectivity index (χ0v) is 17.4. The normalized spacial score (nSPS) is 18.8. The van der Waals surface area contributed by atoms with Crippen molar-refractivity contribution in [2.45, 2.75) is 18.6 Å². The van der Waals surface area contributed by atoms with E-state index >= 15 is 0 Å². The second kappa shape index (κ2) is 8.80. The second-order valence-corrected chi connectivity index (χ2v) is 7.84. The minimum absolute atomic E-state index is 0.204. The third-order valence-electron chi connectivity index (χ3n) is 4.96. The van der Waals surface area contributed by atoms with Crippen molar-refractivity contribution < 1.29 is 18.3 Å². The molecule has 31 heavy (non-hydrogen) atoms. The Bertz CT molecular complexity index is 1030. The average Bonchev–Trinajstić information content (AvgIpc) is 3.37. The Morgan fingerprint density at radius 3 is 2.74 bits per heavy atom. The van der Waals surface area contributed by atoms with E-state index in [0.717, 1.165) is 6.07 Å². The number of urea groups is 1. The van der Waals surface area contributed by atoms with Gasteiger partial charge in [0.25, 0.3) is 5.19 Å². The summed E-state index contributed by atoms with van der Waals surface area (Å²) in [5.41, 5.74) is 1.75. The second-order valence-electron chi connectivity index (χ2n) is 7.02. The number of likely N-dealkylation sites (tertiary alicyclic amines) is 1. The molecule has 1 fully saturated rings. The van der Waals surface area contributed by atoms with Crippen LogP contribution in [0, 0.1) is 17.0 Å². The summed E-state index contributed by atoms with van der Waals surface area (Å²) >= 11 is 1.33. The van der Waals surface area contributed by atoms with Crippen LogP contribution < -0.4 is 10.1 Å². The number of aromatic nitrogens is 1. The first kappa shape index (κ1) is 20.9. The van der Waals surface area contributed by atoms with E-state index in [1.54, 1.807) is 24.2 Å². The van der Waals surface area contributed by atoms with Crippen molar-refractivity contribution in [3.05, 3.63) is 52.5 Å². The van der Waals surface area contributed by atoms with Gasteiger partial charge in [0.05, 0.1) is 24.8 Å². The third kappa shape index (κ3) is 4.41. The van der Waals surface area contributed by atoms with Gasteiger partial charge in [-0.25, -0.2) is 23.6 Å². The number of nitrogens with zero attached hydrogens (tertiary/aromatic N) is 4. The fourth-order valence-corrected chi connectivity index (χ4v) is 4.15. The predicted molar refractivity (Wildman–Crippen MR) is 113 cm³/mol. The quantitative estimate of drug-likeness (QED) is 0.666. The maximum atomic E-state index is 13.6. The summed E-state index contributed by atoms with van der Waals surface area (Å²) in [6.07, 6.45) is 4.52. The molecular formula is C20H20F2N6O2S. The Morgan fingerprint density at radius 2 is 2.06 bits per heavy atom. The molecule has 2 N–H and O–H groups in total. The van der Waals surface area contributed by atoms with Gasteiger partial charge in [0.15, 0.2) is 0 Å². The van der Waals surface area contributed by atoms with Crippen LogP contribution in [-0.2, 0) is 0 Å². The van der Waals surface area contributed by atoms with Crippen molar-refractivity contribution in [3.8, 4) is 5.19 Å².